The molecule has 186 valence electrons. The Morgan fingerprint density at radius 2 is 1.83 bits per heavy atom. The fourth-order valence-corrected chi connectivity index (χ4v) is 5.12. The molecule has 2 aliphatic rings. The van der Waals surface area contributed by atoms with Crippen LogP contribution >= 0.6 is 0 Å². The van der Waals surface area contributed by atoms with Crippen LogP contribution in [0.2, 0.25) is 0 Å². The van der Waals surface area contributed by atoms with Gasteiger partial charge in [0.2, 0.25) is 5.91 Å². The highest BCUT2D eigenvalue weighted by molar-refractivity contribution is 6.02. The number of nitrogens with one attached hydrogen (secondary N) is 1. The minimum absolute atomic E-state index is 0.0700. The second-order valence-electron chi connectivity index (χ2n) is 9.70. The van der Waals surface area contributed by atoms with Gasteiger partial charge in [0, 0.05) is 45.2 Å². The summed E-state index contributed by atoms with van der Waals surface area (Å²) in [5, 5.41) is 3.08. The summed E-state index contributed by atoms with van der Waals surface area (Å²) in [7, 11) is 1.79. The second-order valence-corrected chi connectivity index (χ2v) is 9.70. The number of anilines is 2. The Bertz CT molecular complexity index is 1010. The number of carbonyl (C=O) groups is 2. The van der Waals surface area contributed by atoms with Gasteiger partial charge in [-0.25, -0.2) is 0 Å². The third kappa shape index (κ3) is 6.51. The molecular weight excluding hydrogens is 436 g/mol. The molecule has 6 heteroatoms. The number of fused-ring (bicyclic) bond motifs is 1. The SMILES string of the molecule is C=CCCN1CCC(=O)N(C)c2cc(C(=O)NCCN3CCC(Cc4ccccc4)CC3)ccc21. The normalized spacial score (nSPS) is 17.1. The van der Waals surface area contributed by atoms with E-state index in [2.05, 4.69) is 52.0 Å². The van der Waals surface area contributed by atoms with Crippen LogP contribution in [0.15, 0.2) is 61.2 Å². The number of nitrogens with zero attached hydrogens (tertiary/aromatic N) is 3. The minimum Gasteiger partial charge on any atom is -0.369 e. The Balaban J connectivity index is 1.28. The summed E-state index contributed by atoms with van der Waals surface area (Å²) in [5.41, 5.74) is 3.81. The molecule has 2 aliphatic heterocycles. The van der Waals surface area contributed by atoms with Crippen LogP contribution in [0.25, 0.3) is 0 Å². The molecule has 0 unspecified atom stereocenters. The van der Waals surface area contributed by atoms with Crippen LogP contribution in [0.5, 0.6) is 0 Å². The summed E-state index contributed by atoms with van der Waals surface area (Å²) in [5.74, 6) is 0.726. The van der Waals surface area contributed by atoms with Gasteiger partial charge in [0.1, 0.15) is 0 Å². The van der Waals surface area contributed by atoms with Crippen molar-refractivity contribution in [2.45, 2.75) is 32.1 Å². The van der Waals surface area contributed by atoms with Crippen LogP contribution in [-0.4, -0.2) is 63.0 Å². The monoisotopic (exact) mass is 474 g/mol. The summed E-state index contributed by atoms with van der Waals surface area (Å²) in [6.07, 6.45) is 6.77. The highest BCUT2D eigenvalue weighted by Gasteiger charge is 2.25. The molecule has 35 heavy (non-hydrogen) atoms. The van der Waals surface area contributed by atoms with Crippen LogP contribution in [0.1, 0.15) is 41.6 Å². The average Bonchev–Trinajstić information content (AvgIpc) is 3.00. The van der Waals surface area contributed by atoms with Crippen molar-refractivity contribution in [1.29, 1.82) is 0 Å². The first-order valence-corrected chi connectivity index (χ1v) is 12.9. The third-order valence-corrected chi connectivity index (χ3v) is 7.30. The summed E-state index contributed by atoms with van der Waals surface area (Å²) in [6.45, 7) is 8.96. The molecule has 1 fully saturated rings. The first-order valence-electron chi connectivity index (χ1n) is 12.9. The van der Waals surface area contributed by atoms with Crippen molar-refractivity contribution in [1.82, 2.24) is 10.2 Å². The standard InChI is InChI=1S/C29H38N4O2/c1-3-4-16-33-19-14-28(34)31(2)27-22-25(10-11-26(27)33)29(35)30-15-20-32-17-12-24(13-18-32)21-23-8-6-5-7-9-23/h3,5-11,22,24H,1,4,12-21H2,2H3,(H,30,35). The number of hydrogen-bond acceptors (Lipinski definition) is 4. The number of amides is 2. The summed E-state index contributed by atoms with van der Waals surface area (Å²) in [6, 6.07) is 16.4. The summed E-state index contributed by atoms with van der Waals surface area (Å²) >= 11 is 0. The van der Waals surface area contributed by atoms with E-state index in [1.165, 1.54) is 18.4 Å². The summed E-state index contributed by atoms with van der Waals surface area (Å²) in [4.78, 5) is 31.8. The number of carbonyl (C=O) groups excluding carboxylic acids is 2. The smallest absolute Gasteiger partial charge is 0.251 e. The van der Waals surface area contributed by atoms with Crippen molar-refractivity contribution in [3.8, 4) is 0 Å². The number of benzene rings is 2. The lowest BCUT2D eigenvalue weighted by atomic mass is 9.90. The van der Waals surface area contributed by atoms with Gasteiger partial charge in [-0.2, -0.15) is 0 Å². The molecule has 2 aromatic carbocycles. The molecule has 0 bridgehead atoms. The minimum atomic E-state index is -0.0884. The molecule has 0 atom stereocenters. The van der Waals surface area contributed by atoms with E-state index in [0.717, 1.165) is 56.3 Å². The third-order valence-electron chi connectivity index (χ3n) is 7.30. The van der Waals surface area contributed by atoms with Crippen LogP contribution in [0.3, 0.4) is 0 Å². The second kappa shape index (κ2) is 12.0. The Labute approximate surface area is 209 Å². The van der Waals surface area contributed by atoms with Gasteiger partial charge in [-0.05, 0) is 68.5 Å². The van der Waals surface area contributed by atoms with Gasteiger partial charge in [0.15, 0.2) is 0 Å². The van der Waals surface area contributed by atoms with Crippen molar-refractivity contribution in [2.24, 2.45) is 5.92 Å². The Morgan fingerprint density at radius 1 is 1.06 bits per heavy atom. The van der Waals surface area contributed by atoms with E-state index in [1.807, 2.05) is 24.3 Å². The zero-order valence-corrected chi connectivity index (χ0v) is 20.9. The molecule has 0 radical (unpaired) electrons. The van der Waals surface area contributed by atoms with Gasteiger partial charge in [0.25, 0.3) is 5.91 Å². The predicted octanol–water partition coefficient (Wildman–Crippen LogP) is 4.12. The van der Waals surface area contributed by atoms with Crippen molar-refractivity contribution in [2.75, 3.05) is 56.1 Å². The largest absolute Gasteiger partial charge is 0.369 e. The van der Waals surface area contributed by atoms with E-state index in [0.29, 0.717) is 25.1 Å². The van der Waals surface area contributed by atoms with Crippen LogP contribution in [0.4, 0.5) is 11.4 Å². The predicted molar refractivity (Wildman–Crippen MR) is 143 cm³/mol. The van der Waals surface area contributed by atoms with Crippen LogP contribution in [0, 0.1) is 5.92 Å². The number of hydrogen-bond donors (Lipinski definition) is 1. The summed E-state index contributed by atoms with van der Waals surface area (Å²) < 4.78 is 0. The Morgan fingerprint density at radius 3 is 2.57 bits per heavy atom. The molecule has 4 rings (SSSR count). The van der Waals surface area contributed by atoms with Crippen molar-refractivity contribution in [3.05, 3.63) is 72.3 Å². The molecule has 2 heterocycles. The molecule has 0 aliphatic carbocycles. The highest BCUT2D eigenvalue weighted by atomic mass is 16.2. The number of piperidine rings is 1. The molecule has 0 spiro atoms. The van der Waals surface area contributed by atoms with E-state index < -0.39 is 0 Å². The molecule has 6 nitrogen and oxygen atoms in total. The lowest BCUT2D eigenvalue weighted by Gasteiger charge is -2.32. The Hall–Kier alpha value is -3.12. The maximum Gasteiger partial charge on any atom is 0.251 e. The van der Waals surface area contributed by atoms with Gasteiger partial charge in [-0.3, -0.25) is 9.59 Å². The van der Waals surface area contributed by atoms with Crippen LogP contribution in [-0.2, 0) is 11.2 Å². The van der Waals surface area contributed by atoms with E-state index >= 15 is 0 Å². The van der Waals surface area contributed by atoms with Gasteiger partial charge >= 0.3 is 0 Å². The number of rotatable bonds is 9. The molecule has 0 saturated carbocycles. The fraction of sp³-hybridized carbons (Fsp3) is 0.448. The first kappa shape index (κ1) is 25.0. The fourth-order valence-electron chi connectivity index (χ4n) is 5.12. The molecule has 2 aromatic rings. The van der Waals surface area contributed by atoms with Crippen LogP contribution < -0.4 is 15.1 Å². The van der Waals surface area contributed by atoms with Gasteiger partial charge in [-0.1, -0.05) is 36.4 Å². The topological polar surface area (TPSA) is 55.9 Å². The molecular formula is C29H38N4O2. The van der Waals surface area contributed by atoms with Crippen molar-refractivity contribution >= 4 is 23.2 Å². The van der Waals surface area contributed by atoms with E-state index in [-0.39, 0.29) is 11.8 Å². The quantitative estimate of drug-likeness (QED) is 0.556. The van der Waals surface area contributed by atoms with E-state index in [4.69, 9.17) is 0 Å². The van der Waals surface area contributed by atoms with Gasteiger partial charge < -0.3 is 20.0 Å². The molecule has 2 amide bonds. The average molecular weight is 475 g/mol. The van der Waals surface area contributed by atoms with Gasteiger partial charge in [0.05, 0.1) is 11.4 Å². The Kier molecular flexibility index (Phi) is 8.59. The van der Waals surface area contributed by atoms with Gasteiger partial charge in [-0.15, -0.1) is 6.58 Å². The molecule has 1 N–H and O–H groups in total. The van der Waals surface area contributed by atoms with Crippen molar-refractivity contribution in [3.63, 3.8) is 0 Å². The lowest BCUT2D eigenvalue weighted by Crippen LogP contribution is -2.40. The molecule has 0 aromatic heterocycles. The zero-order chi connectivity index (χ0) is 24.6. The molecule has 1 saturated heterocycles. The van der Waals surface area contributed by atoms with E-state index in [9.17, 15) is 9.59 Å². The first-order chi connectivity index (χ1) is 17.0. The highest BCUT2D eigenvalue weighted by Crippen LogP contribution is 2.33. The number of likely N-dealkylation sites (tertiary alicyclic amines) is 1. The zero-order valence-electron chi connectivity index (χ0n) is 20.9. The van der Waals surface area contributed by atoms with Crippen molar-refractivity contribution < 1.29 is 9.59 Å². The maximum absolute atomic E-state index is 12.9. The lowest BCUT2D eigenvalue weighted by molar-refractivity contribution is -0.118. The van der Waals surface area contributed by atoms with E-state index in [1.54, 1.807) is 11.9 Å². The maximum atomic E-state index is 12.9.